The van der Waals surface area contributed by atoms with E-state index in [1.807, 2.05) is 24.3 Å². The van der Waals surface area contributed by atoms with E-state index in [-0.39, 0.29) is 30.2 Å². The molecule has 3 rings (SSSR count). The Morgan fingerprint density at radius 2 is 2.19 bits per heavy atom. The van der Waals surface area contributed by atoms with Crippen molar-refractivity contribution in [2.45, 2.75) is 38.3 Å². The first kappa shape index (κ1) is 18.4. The average Bonchev–Trinajstić information content (AvgIpc) is 3.24. The molecule has 0 bridgehead atoms. The van der Waals surface area contributed by atoms with Crippen molar-refractivity contribution in [1.82, 2.24) is 14.7 Å². The molecule has 7 nitrogen and oxygen atoms in total. The van der Waals surface area contributed by atoms with Gasteiger partial charge < -0.3 is 19.8 Å². The van der Waals surface area contributed by atoms with Crippen LogP contribution in [0.4, 0.5) is 0 Å². The molecule has 140 valence electrons. The van der Waals surface area contributed by atoms with E-state index < -0.39 is 5.91 Å². The summed E-state index contributed by atoms with van der Waals surface area (Å²) in [6, 6.07) is 7.49. The van der Waals surface area contributed by atoms with Gasteiger partial charge in [-0.25, -0.2) is 4.68 Å². The summed E-state index contributed by atoms with van der Waals surface area (Å²) >= 11 is 0. The van der Waals surface area contributed by atoms with Crippen LogP contribution in [0.25, 0.3) is 5.69 Å². The lowest BCUT2D eigenvalue weighted by molar-refractivity contribution is 0.0639. The monoisotopic (exact) mass is 359 g/mol. The topological polar surface area (TPSA) is 87.8 Å². The van der Waals surface area contributed by atoms with Crippen molar-refractivity contribution < 1.29 is 19.7 Å². The number of aromatic hydroxyl groups is 1. The first-order valence-corrected chi connectivity index (χ1v) is 8.78. The van der Waals surface area contributed by atoms with Gasteiger partial charge in [0.1, 0.15) is 0 Å². The van der Waals surface area contributed by atoms with Crippen LogP contribution in [-0.2, 0) is 4.74 Å². The van der Waals surface area contributed by atoms with Gasteiger partial charge in [0, 0.05) is 13.7 Å². The highest BCUT2D eigenvalue weighted by molar-refractivity contribution is 5.95. The van der Waals surface area contributed by atoms with Crippen LogP contribution in [0.5, 0.6) is 5.75 Å². The number of nitrogens with zero attached hydrogens (tertiary/aromatic N) is 3. The Kier molecular flexibility index (Phi) is 5.29. The number of aliphatic hydroxyl groups excluding tert-OH is 1. The molecule has 1 aliphatic heterocycles. The predicted molar refractivity (Wildman–Crippen MR) is 96.6 cm³/mol. The number of amides is 1. The summed E-state index contributed by atoms with van der Waals surface area (Å²) in [6.45, 7) is 4.42. The number of carbonyl (C=O) groups is 1. The number of benzene rings is 1. The van der Waals surface area contributed by atoms with E-state index in [9.17, 15) is 15.0 Å². The molecule has 0 radical (unpaired) electrons. The van der Waals surface area contributed by atoms with Crippen LogP contribution in [0.3, 0.4) is 0 Å². The van der Waals surface area contributed by atoms with Crippen molar-refractivity contribution in [1.29, 1.82) is 0 Å². The van der Waals surface area contributed by atoms with Gasteiger partial charge in [-0.2, -0.15) is 5.10 Å². The molecule has 0 saturated carbocycles. The van der Waals surface area contributed by atoms with Crippen molar-refractivity contribution in [3.05, 3.63) is 41.7 Å². The molecule has 1 amide bonds. The fourth-order valence-electron chi connectivity index (χ4n) is 3.28. The summed E-state index contributed by atoms with van der Waals surface area (Å²) < 4.78 is 6.81. The number of aliphatic hydroxyl groups is 1. The fourth-order valence-corrected chi connectivity index (χ4v) is 3.28. The second-order valence-corrected chi connectivity index (χ2v) is 6.94. The molecule has 26 heavy (non-hydrogen) atoms. The lowest BCUT2D eigenvalue weighted by Gasteiger charge is -2.21. The van der Waals surface area contributed by atoms with Crippen LogP contribution < -0.4 is 0 Å². The molecule has 2 heterocycles. The van der Waals surface area contributed by atoms with Gasteiger partial charge in [-0.15, -0.1) is 0 Å². The van der Waals surface area contributed by atoms with Crippen LogP contribution >= 0.6 is 0 Å². The zero-order chi connectivity index (χ0) is 18.8. The van der Waals surface area contributed by atoms with E-state index in [1.54, 1.807) is 7.11 Å². The van der Waals surface area contributed by atoms with Crippen LogP contribution in [-0.4, -0.2) is 63.2 Å². The molecule has 1 aliphatic rings. The van der Waals surface area contributed by atoms with Crippen LogP contribution in [0, 0.1) is 0 Å². The number of likely N-dealkylation sites (tertiary alicyclic amines) is 1. The molecule has 0 spiro atoms. The van der Waals surface area contributed by atoms with Gasteiger partial charge in [0.05, 0.1) is 30.6 Å². The van der Waals surface area contributed by atoms with Crippen LogP contribution in [0.2, 0.25) is 0 Å². The van der Waals surface area contributed by atoms with E-state index in [4.69, 9.17) is 4.74 Å². The summed E-state index contributed by atoms with van der Waals surface area (Å²) in [5, 5.41) is 24.1. The van der Waals surface area contributed by atoms with Gasteiger partial charge in [-0.1, -0.05) is 26.0 Å². The quantitative estimate of drug-likeness (QED) is 0.852. The van der Waals surface area contributed by atoms with Crippen molar-refractivity contribution in [3.63, 3.8) is 0 Å². The maximum absolute atomic E-state index is 12.8. The minimum Gasteiger partial charge on any atom is -0.504 e. The van der Waals surface area contributed by atoms with Crippen molar-refractivity contribution in [3.8, 4) is 11.4 Å². The first-order chi connectivity index (χ1) is 12.4. The Morgan fingerprint density at radius 1 is 1.42 bits per heavy atom. The molecule has 7 heteroatoms. The maximum atomic E-state index is 12.8. The Labute approximate surface area is 152 Å². The summed E-state index contributed by atoms with van der Waals surface area (Å²) in [4.78, 5) is 14.4. The van der Waals surface area contributed by atoms with Crippen LogP contribution in [0.15, 0.2) is 30.5 Å². The van der Waals surface area contributed by atoms with Crippen molar-refractivity contribution in [2.75, 3.05) is 20.3 Å². The van der Waals surface area contributed by atoms with Crippen molar-refractivity contribution in [2.24, 2.45) is 0 Å². The van der Waals surface area contributed by atoms with E-state index in [2.05, 4.69) is 18.9 Å². The molecule has 1 aromatic heterocycles. The normalized spacial score (nSPS) is 20.1. The smallest absolute Gasteiger partial charge is 0.278 e. The van der Waals surface area contributed by atoms with E-state index >= 15 is 0 Å². The first-order valence-electron chi connectivity index (χ1n) is 8.78. The highest BCUT2D eigenvalue weighted by Crippen LogP contribution is 2.26. The van der Waals surface area contributed by atoms with Gasteiger partial charge in [0.15, 0.2) is 11.4 Å². The van der Waals surface area contributed by atoms with Gasteiger partial charge in [-0.3, -0.25) is 4.79 Å². The van der Waals surface area contributed by atoms with E-state index in [1.165, 1.54) is 15.8 Å². The van der Waals surface area contributed by atoms with E-state index in [0.717, 1.165) is 11.3 Å². The number of hydrogen-bond donors (Lipinski definition) is 2. The van der Waals surface area contributed by atoms with E-state index in [0.29, 0.717) is 18.9 Å². The highest BCUT2D eigenvalue weighted by Gasteiger charge is 2.37. The number of ether oxygens (including phenoxy) is 1. The summed E-state index contributed by atoms with van der Waals surface area (Å²) in [5.74, 6) is -0.219. The number of carbonyl (C=O) groups excluding carboxylic acids is 1. The molecular weight excluding hydrogens is 334 g/mol. The minimum atomic E-state index is -0.403. The summed E-state index contributed by atoms with van der Waals surface area (Å²) in [5.41, 5.74) is 1.91. The van der Waals surface area contributed by atoms with Gasteiger partial charge in [-0.05, 0) is 30.0 Å². The minimum absolute atomic E-state index is 0.0184. The zero-order valence-electron chi connectivity index (χ0n) is 15.3. The third kappa shape index (κ3) is 3.45. The molecule has 0 aliphatic carbocycles. The van der Waals surface area contributed by atoms with Gasteiger partial charge in [0.25, 0.3) is 5.91 Å². The van der Waals surface area contributed by atoms with Crippen LogP contribution in [0.1, 0.15) is 42.2 Å². The predicted octanol–water partition coefficient (Wildman–Crippen LogP) is 1.92. The number of methoxy groups -OCH3 is 1. The Hall–Kier alpha value is -2.38. The Bertz CT molecular complexity index is 787. The molecule has 1 saturated heterocycles. The Balaban J connectivity index is 1.88. The second-order valence-electron chi connectivity index (χ2n) is 6.94. The summed E-state index contributed by atoms with van der Waals surface area (Å²) in [6.07, 6.45) is 1.88. The third-order valence-electron chi connectivity index (χ3n) is 4.88. The molecule has 2 aromatic rings. The second kappa shape index (κ2) is 7.47. The van der Waals surface area contributed by atoms with Crippen molar-refractivity contribution >= 4 is 5.91 Å². The molecule has 2 atom stereocenters. The maximum Gasteiger partial charge on any atom is 0.278 e. The zero-order valence-corrected chi connectivity index (χ0v) is 15.3. The lowest BCUT2D eigenvalue weighted by atomic mass is 10.0. The SMILES string of the molecule is CO[C@@H]1C[C@@H](CO)N(C(=O)c2nn(-c3cccc(C(C)C)c3)cc2O)C1. The molecule has 1 fully saturated rings. The largest absolute Gasteiger partial charge is 0.504 e. The molecular formula is C19H25N3O4. The molecule has 1 aromatic carbocycles. The Morgan fingerprint density at radius 3 is 2.85 bits per heavy atom. The summed E-state index contributed by atoms with van der Waals surface area (Å²) in [7, 11) is 1.58. The van der Waals surface area contributed by atoms with Gasteiger partial charge in [0.2, 0.25) is 0 Å². The fraction of sp³-hybridized carbons (Fsp3) is 0.474. The third-order valence-corrected chi connectivity index (χ3v) is 4.88. The standard InChI is InChI=1S/C19H25N3O4/c1-12(2)13-5-4-6-14(7-13)22-10-17(24)18(20-22)19(25)21-9-16(26-3)8-15(21)11-23/h4-7,10,12,15-16,23-24H,8-9,11H2,1-3H3/t15-,16+/m0/s1. The number of aromatic nitrogens is 2. The lowest BCUT2D eigenvalue weighted by Crippen LogP contribution is -2.38. The average molecular weight is 359 g/mol. The molecule has 0 unspecified atom stereocenters. The highest BCUT2D eigenvalue weighted by atomic mass is 16.5. The molecule has 2 N–H and O–H groups in total. The number of rotatable bonds is 5. The number of hydrogen-bond acceptors (Lipinski definition) is 5. The van der Waals surface area contributed by atoms with Gasteiger partial charge >= 0.3 is 0 Å².